The van der Waals surface area contributed by atoms with Gasteiger partial charge in [-0.1, -0.05) is 38.5 Å². The van der Waals surface area contributed by atoms with Gasteiger partial charge in [0.25, 0.3) is 0 Å². The molecule has 0 spiro atoms. The lowest BCUT2D eigenvalue weighted by molar-refractivity contribution is -0.0706. The van der Waals surface area contributed by atoms with Crippen molar-refractivity contribution in [2.75, 3.05) is 6.61 Å². The molecule has 2 aliphatic rings. The Bertz CT molecular complexity index is 955. The van der Waals surface area contributed by atoms with E-state index in [2.05, 4.69) is 31.0 Å². The van der Waals surface area contributed by atoms with Gasteiger partial charge in [-0.05, 0) is 73.8 Å². The number of Topliss-reactive ketones (excluding diaryl/α,β-unsaturated/α-hetero) is 1. The number of ketones is 1. The van der Waals surface area contributed by atoms with E-state index in [0.29, 0.717) is 25.6 Å². The van der Waals surface area contributed by atoms with Crippen LogP contribution in [0, 0.1) is 12.8 Å². The number of pyridine rings is 1. The zero-order valence-electron chi connectivity index (χ0n) is 19.1. The van der Waals surface area contributed by atoms with Crippen LogP contribution in [0.25, 0.3) is 0 Å². The van der Waals surface area contributed by atoms with Crippen LogP contribution in [-0.2, 0) is 23.2 Å². The quantitative estimate of drug-likeness (QED) is 0.641. The van der Waals surface area contributed by atoms with Gasteiger partial charge in [0.2, 0.25) is 0 Å². The first-order valence-electron chi connectivity index (χ1n) is 11.8. The zero-order valence-corrected chi connectivity index (χ0v) is 19.1. The summed E-state index contributed by atoms with van der Waals surface area (Å²) in [6, 6.07) is 10.1. The molecule has 2 aromatic rings. The Kier molecular flexibility index (Phi) is 6.32. The molecule has 31 heavy (non-hydrogen) atoms. The normalized spacial score (nSPS) is 27.8. The molecule has 0 unspecified atom stereocenters. The van der Waals surface area contributed by atoms with E-state index in [1.165, 1.54) is 5.56 Å². The molecule has 0 saturated heterocycles. The minimum atomic E-state index is -0.566. The minimum Gasteiger partial charge on any atom is -0.390 e. The summed E-state index contributed by atoms with van der Waals surface area (Å²) >= 11 is 0. The van der Waals surface area contributed by atoms with Gasteiger partial charge in [0.05, 0.1) is 18.8 Å². The van der Waals surface area contributed by atoms with Crippen LogP contribution in [0.15, 0.2) is 36.5 Å². The van der Waals surface area contributed by atoms with Crippen LogP contribution in [0.3, 0.4) is 0 Å². The summed E-state index contributed by atoms with van der Waals surface area (Å²) in [5.41, 5.74) is 4.55. The largest absolute Gasteiger partial charge is 0.390 e. The fourth-order valence-corrected chi connectivity index (χ4v) is 6.00. The molecule has 4 nitrogen and oxygen atoms in total. The number of aliphatic hydroxyl groups is 1. The highest BCUT2D eigenvalue weighted by Gasteiger charge is 2.49. The number of carbonyl (C=O) groups excluding carboxylic acids is 1. The molecule has 1 aliphatic heterocycles. The third-order valence-corrected chi connectivity index (χ3v) is 7.80. The lowest BCUT2D eigenvalue weighted by atomic mass is 9.57. The van der Waals surface area contributed by atoms with Crippen LogP contribution in [-0.4, -0.2) is 28.1 Å². The van der Waals surface area contributed by atoms with Crippen LogP contribution >= 0.6 is 0 Å². The van der Waals surface area contributed by atoms with Gasteiger partial charge in [-0.2, -0.15) is 0 Å². The standard InChI is InChI=1S/C27H35NO3/c1-4-10-26(30)11-12-27(5-2)23(16-26)18-31-17-22-14-21(8-9-24(22)27)25(29)15-20-7-6-13-28-19(20)3/h6-9,13-14,23,30H,4-5,10-12,15-18H2,1-3H3/t23-,26-,27-/m1/s1. The van der Waals surface area contributed by atoms with Crippen molar-refractivity contribution in [2.24, 2.45) is 5.92 Å². The molecule has 4 rings (SSSR count). The number of fused-ring (bicyclic) bond motifs is 3. The Morgan fingerprint density at radius 2 is 2.10 bits per heavy atom. The SMILES string of the molecule is CCC[C@@]1(O)CC[C@@]2(CC)c3ccc(C(=O)Cc4cccnc4C)cc3COC[C@H]2C1. The summed E-state index contributed by atoms with van der Waals surface area (Å²) in [4.78, 5) is 17.3. The maximum Gasteiger partial charge on any atom is 0.167 e. The van der Waals surface area contributed by atoms with E-state index in [-0.39, 0.29) is 11.2 Å². The summed E-state index contributed by atoms with van der Waals surface area (Å²) in [6.45, 7) is 7.56. The molecule has 1 aromatic carbocycles. The molecule has 166 valence electrons. The Morgan fingerprint density at radius 3 is 2.84 bits per heavy atom. The van der Waals surface area contributed by atoms with Crippen LogP contribution in [0.4, 0.5) is 0 Å². The average Bonchev–Trinajstić information content (AvgIpc) is 2.91. The number of nitrogens with zero attached hydrogens (tertiary/aromatic N) is 1. The van der Waals surface area contributed by atoms with Crippen molar-refractivity contribution in [3.63, 3.8) is 0 Å². The van der Waals surface area contributed by atoms with E-state index in [9.17, 15) is 9.90 Å². The van der Waals surface area contributed by atoms with Crippen molar-refractivity contribution in [1.82, 2.24) is 4.98 Å². The second-order valence-corrected chi connectivity index (χ2v) is 9.62. The highest BCUT2D eigenvalue weighted by molar-refractivity contribution is 5.97. The van der Waals surface area contributed by atoms with Crippen molar-refractivity contribution >= 4 is 5.78 Å². The first kappa shape index (κ1) is 22.2. The van der Waals surface area contributed by atoms with Crippen molar-refractivity contribution in [1.29, 1.82) is 0 Å². The fourth-order valence-electron chi connectivity index (χ4n) is 6.00. The number of hydrogen-bond donors (Lipinski definition) is 1. The van der Waals surface area contributed by atoms with Gasteiger partial charge in [-0.3, -0.25) is 9.78 Å². The van der Waals surface area contributed by atoms with Gasteiger partial charge in [0, 0.05) is 29.3 Å². The smallest absolute Gasteiger partial charge is 0.167 e. The zero-order chi connectivity index (χ0) is 22.1. The molecule has 1 fully saturated rings. The van der Waals surface area contributed by atoms with Crippen molar-refractivity contribution in [2.45, 2.75) is 83.3 Å². The van der Waals surface area contributed by atoms with Gasteiger partial charge in [0.15, 0.2) is 5.78 Å². The number of rotatable bonds is 6. The van der Waals surface area contributed by atoms with Gasteiger partial charge >= 0.3 is 0 Å². The van der Waals surface area contributed by atoms with Gasteiger partial charge in [-0.15, -0.1) is 0 Å². The second kappa shape index (κ2) is 8.84. The monoisotopic (exact) mass is 421 g/mol. The Hall–Kier alpha value is -2.04. The number of aromatic nitrogens is 1. The molecule has 2 heterocycles. The Morgan fingerprint density at radius 1 is 1.26 bits per heavy atom. The first-order chi connectivity index (χ1) is 14.9. The molecular weight excluding hydrogens is 386 g/mol. The van der Waals surface area contributed by atoms with E-state index in [1.54, 1.807) is 6.20 Å². The summed E-state index contributed by atoms with van der Waals surface area (Å²) < 4.78 is 6.13. The van der Waals surface area contributed by atoms with E-state index >= 15 is 0 Å². The molecule has 1 aliphatic carbocycles. The predicted octanol–water partition coefficient (Wildman–Crippen LogP) is 5.32. The molecule has 1 aromatic heterocycles. The first-order valence-corrected chi connectivity index (χ1v) is 11.8. The van der Waals surface area contributed by atoms with E-state index in [4.69, 9.17) is 4.74 Å². The Balaban J connectivity index is 1.63. The molecule has 4 heteroatoms. The number of ether oxygens (including phenoxy) is 1. The van der Waals surface area contributed by atoms with Crippen LogP contribution in [0.5, 0.6) is 0 Å². The molecule has 1 N–H and O–H groups in total. The van der Waals surface area contributed by atoms with Crippen LogP contribution in [0.2, 0.25) is 0 Å². The van der Waals surface area contributed by atoms with E-state index < -0.39 is 5.60 Å². The number of carbonyl (C=O) groups is 1. The van der Waals surface area contributed by atoms with Gasteiger partial charge < -0.3 is 9.84 Å². The molecule has 0 bridgehead atoms. The van der Waals surface area contributed by atoms with Crippen molar-refractivity contribution < 1.29 is 14.6 Å². The molecule has 0 amide bonds. The molecule has 0 radical (unpaired) electrons. The number of benzene rings is 1. The third-order valence-electron chi connectivity index (χ3n) is 7.80. The molecule has 1 saturated carbocycles. The third kappa shape index (κ3) is 4.20. The average molecular weight is 422 g/mol. The topological polar surface area (TPSA) is 59.4 Å². The van der Waals surface area contributed by atoms with Crippen molar-refractivity contribution in [3.8, 4) is 0 Å². The fraction of sp³-hybridized carbons (Fsp3) is 0.556. The minimum absolute atomic E-state index is 0.0212. The van der Waals surface area contributed by atoms with Gasteiger partial charge in [0.1, 0.15) is 0 Å². The maximum absolute atomic E-state index is 13.0. The van der Waals surface area contributed by atoms with Crippen LogP contribution in [0.1, 0.15) is 85.1 Å². The predicted molar refractivity (Wildman–Crippen MR) is 122 cm³/mol. The molecule has 3 atom stereocenters. The highest BCUT2D eigenvalue weighted by Crippen LogP contribution is 2.52. The van der Waals surface area contributed by atoms with Crippen molar-refractivity contribution in [3.05, 3.63) is 64.5 Å². The summed E-state index contributed by atoms with van der Waals surface area (Å²) in [5.74, 6) is 0.426. The lowest BCUT2D eigenvalue weighted by Crippen LogP contribution is -2.48. The highest BCUT2D eigenvalue weighted by atomic mass is 16.5. The van der Waals surface area contributed by atoms with Gasteiger partial charge in [-0.25, -0.2) is 0 Å². The lowest BCUT2D eigenvalue weighted by Gasteiger charge is -2.49. The summed E-state index contributed by atoms with van der Waals surface area (Å²) in [5, 5.41) is 11.1. The van der Waals surface area contributed by atoms with Crippen LogP contribution < -0.4 is 0 Å². The maximum atomic E-state index is 13.0. The summed E-state index contributed by atoms with van der Waals surface area (Å²) in [7, 11) is 0. The second-order valence-electron chi connectivity index (χ2n) is 9.62. The Labute approximate surface area is 186 Å². The summed E-state index contributed by atoms with van der Waals surface area (Å²) in [6.07, 6.45) is 7.63. The van der Waals surface area contributed by atoms with E-state index in [1.807, 2.05) is 25.1 Å². The molecular formula is C27H35NO3. The number of aryl methyl sites for hydroxylation is 1. The van der Waals surface area contributed by atoms with E-state index in [0.717, 1.165) is 60.9 Å². The number of hydrogen-bond acceptors (Lipinski definition) is 4.